The van der Waals surface area contributed by atoms with Crippen molar-refractivity contribution in [1.82, 2.24) is 9.97 Å². The van der Waals surface area contributed by atoms with Gasteiger partial charge in [-0.2, -0.15) is 0 Å². The SMILES string of the molecule is CCCc1nc(NCC)c(C)c(NC2(C)CCOC2)n1. The van der Waals surface area contributed by atoms with E-state index < -0.39 is 0 Å². The van der Waals surface area contributed by atoms with Gasteiger partial charge in [0.05, 0.1) is 12.1 Å². The van der Waals surface area contributed by atoms with Gasteiger partial charge in [-0.1, -0.05) is 6.92 Å². The number of anilines is 2. The largest absolute Gasteiger partial charge is 0.379 e. The number of hydrogen-bond donors (Lipinski definition) is 2. The zero-order valence-electron chi connectivity index (χ0n) is 13.0. The zero-order valence-corrected chi connectivity index (χ0v) is 13.0. The highest BCUT2D eigenvalue weighted by Crippen LogP contribution is 2.27. The summed E-state index contributed by atoms with van der Waals surface area (Å²) in [6.07, 6.45) is 2.96. The first-order valence-electron chi connectivity index (χ1n) is 7.55. The number of nitrogens with one attached hydrogen (secondary N) is 2. The minimum Gasteiger partial charge on any atom is -0.379 e. The van der Waals surface area contributed by atoms with Gasteiger partial charge in [-0.05, 0) is 33.6 Å². The van der Waals surface area contributed by atoms with Crippen LogP contribution in [0.4, 0.5) is 11.6 Å². The highest BCUT2D eigenvalue weighted by Gasteiger charge is 2.30. The molecule has 0 saturated carbocycles. The second-order valence-corrected chi connectivity index (χ2v) is 5.73. The van der Waals surface area contributed by atoms with Crippen molar-refractivity contribution in [3.63, 3.8) is 0 Å². The Morgan fingerprint density at radius 3 is 2.60 bits per heavy atom. The third kappa shape index (κ3) is 3.39. The molecule has 2 N–H and O–H groups in total. The van der Waals surface area contributed by atoms with Crippen molar-refractivity contribution in [3.05, 3.63) is 11.4 Å². The lowest BCUT2D eigenvalue weighted by Gasteiger charge is -2.26. The molecule has 1 aliphatic rings. The average Bonchev–Trinajstić information content (AvgIpc) is 2.82. The smallest absolute Gasteiger partial charge is 0.135 e. The molecule has 0 spiro atoms. The number of hydrogen-bond acceptors (Lipinski definition) is 5. The van der Waals surface area contributed by atoms with Gasteiger partial charge in [0.2, 0.25) is 0 Å². The summed E-state index contributed by atoms with van der Waals surface area (Å²) in [5.41, 5.74) is 1.06. The van der Waals surface area contributed by atoms with Crippen molar-refractivity contribution < 1.29 is 4.74 Å². The minimum atomic E-state index is -0.0217. The predicted molar refractivity (Wildman–Crippen MR) is 82.4 cm³/mol. The Labute approximate surface area is 121 Å². The van der Waals surface area contributed by atoms with Gasteiger partial charge in [-0.3, -0.25) is 0 Å². The third-order valence-electron chi connectivity index (χ3n) is 3.65. The summed E-state index contributed by atoms with van der Waals surface area (Å²) in [4.78, 5) is 9.31. The summed E-state index contributed by atoms with van der Waals surface area (Å²) in [5, 5.41) is 6.90. The van der Waals surface area contributed by atoms with Gasteiger partial charge < -0.3 is 15.4 Å². The highest BCUT2D eigenvalue weighted by molar-refractivity contribution is 5.58. The first-order valence-corrected chi connectivity index (χ1v) is 7.55. The highest BCUT2D eigenvalue weighted by atomic mass is 16.5. The number of nitrogens with zero attached hydrogens (tertiary/aromatic N) is 2. The molecule has 20 heavy (non-hydrogen) atoms. The summed E-state index contributed by atoms with van der Waals surface area (Å²) in [7, 11) is 0. The van der Waals surface area contributed by atoms with E-state index in [0.717, 1.165) is 62.0 Å². The molecular weight excluding hydrogens is 252 g/mol. The van der Waals surface area contributed by atoms with Gasteiger partial charge in [-0.15, -0.1) is 0 Å². The maximum Gasteiger partial charge on any atom is 0.135 e. The molecule has 0 amide bonds. The topological polar surface area (TPSA) is 59.1 Å². The van der Waals surface area contributed by atoms with Gasteiger partial charge in [-0.25, -0.2) is 9.97 Å². The van der Waals surface area contributed by atoms with Crippen LogP contribution in [-0.4, -0.2) is 35.3 Å². The zero-order chi connectivity index (χ0) is 14.6. The number of aryl methyl sites for hydroxylation is 1. The van der Waals surface area contributed by atoms with E-state index in [9.17, 15) is 0 Å². The normalized spacial score (nSPS) is 22.0. The molecule has 0 bridgehead atoms. The first kappa shape index (κ1) is 15.0. The van der Waals surface area contributed by atoms with Crippen LogP contribution in [0.3, 0.4) is 0 Å². The van der Waals surface area contributed by atoms with Crippen molar-refractivity contribution in [2.75, 3.05) is 30.4 Å². The Morgan fingerprint density at radius 2 is 2.00 bits per heavy atom. The summed E-state index contributed by atoms with van der Waals surface area (Å²) in [5.74, 6) is 2.78. The van der Waals surface area contributed by atoms with Crippen molar-refractivity contribution in [3.8, 4) is 0 Å². The van der Waals surface area contributed by atoms with Crippen molar-refractivity contribution >= 4 is 11.6 Å². The molecule has 5 nitrogen and oxygen atoms in total. The predicted octanol–water partition coefficient (Wildman–Crippen LogP) is 2.76. The van der Waals surface area contributed by atoms with Gasteiger partial charge in [0.15, 0.2) is 0 Å². The average molecular weight is 278 g/mol. The molecule has 0 aliphatic carbocycles. The maximum absolute atomic E-state index is 5.51. The van der Waals surface area contributed by atoms with E-state index in [0.29, 0.717) is 0 Å². The Bertz CT molecular complexity index is 455. The first-order chi connectivity index (χ1) is 9.58. The molecule has 5 heteroatoms. The van der Waals surface area contributed by atoms with Crippen molar-refractivity contribution in [2.45, 2.75) is 52.5 Å². The summed E-state index contributed by atoms with van der Waals surface area (Å²) >= 11 is 0. The molecule has 1 aromatic rings. The second-order valence-electron chi connectivity index (χ2n) is 5.73. The van der Waals surface area contributed by atoms with E-state index >= 15 is 0 Å². The van der Waals surface area contributed by atoms with Crippen LogP contribution in [0, 0.1) is 6.92 Å². The monoisotopic (exact) mass is 278 g/mol. The van der Waals surface area contributed by atoms with E-state index in [-0.39, 0.29) is 5.54 Å². The summed E-state index contributed by atoms with van der Waals surface area (Å²) in [6, 6.07) is 0. The van der Waals surface area contributed by atoms with Gasteiger partial charge >= 0.3 is 0 Å². The van der Waals surface area contributed by atoms with Gasteiger partial charge in [0.25, 0.3) is 0 Å². The molecule has 1 saturated heterocycles. The molecule has 2 heterocycles. The quantitative estimate of drug-likeness (QED) is 0.838. The fraction of sp³-hybridized carbons (Fsp3) is 0.733. The molecule has 112 valence electrons. The molecule has 1 atom stereocenters. The van der Waals surface area contributed by atoms with Crippen LogP contribution in [0.2, 0.25) is 0 Å². The summed E-state index contributed by atoms with van der Waals surface area (Å²) in [6.45, 7) is 10.9. The Hall–Kier alpha value is -1.36. The molecule has 1 unspecified atom stereocenters. The van der Waals surface area contributed by atoms with Crippen LogP contribution in [0.15, 0.2) is 0 Å². The lowest BCUT2D eigenvalue weighted by atomic mass is 10.0. The lowest BCUT2D eigenvalue weighted by Crippen LogP contribution is -2.36. The Kier molecular flexibility index (Phi) is 4.81. The van der Waals surface area contributed by atoms with E-state index in [1.807, 2.05) is 0 Å². The fourth-order valence-corrected chi connectivity index (χ4v) is 2.41. The number of ether oxygens (including phenoxy) is 1. The number of rotatable bonds is 6. The van der Waals surface area contributed by atoms with Crippen molar-refractivity contribution in [2.24, 2.45) is 0 Å². The fourth-order valence-electron chi connectivity index (χ4n) is 2.41. The van der Waals surface area contributed by atoms with Crippen LogP contribution < -0.4 is 10.6 Å². The molecule has 0 radical (unpaired) electrons. The minimum absolute atomic E-state index is 0.0217. The lowest BCUT2D eigenvalue weighted by molar-refractivity contribution is 0.185. The molecule has 0 aromatic carbocycles. The Balaban J connectivity index is 2.29. The van der Waals surface area contributed by atoms with E-state index in [1.165, 1.54) is 0 Å². The van der Waals surface area contributed by atoms with E-state index in [4.69, 9.17) is 9.72 Å². The maximum atomic E-state index is 5.51. The number of aromatic nitrogens is 2. The van der Waals surface area contributed by atoms with Crippen LogP contribution >= 0.6 is 0 Å². The molecule has 2 rings (SSSR count). The van der Waals surface area contributed by atoms with Crippen LogP contribution in [0.1, 0.15) is 45.0 Å². The molecule has 1 aliphatic heterocycles. The van der Waals surface area contributed by atoms with E-state index in [1.54, 1.807) is 0 Å². The molecular formula is C15H26N4O. The second kappa shape index (κ2) is 6.39. The van der Waals surface area contributed by atoms with Crippen molar-refractivity contribution in [1.29, 1.82) is 0 Å². The van der Waals surface area contributed by atoms with E-state index in [2.05, 4.69) is 43.3 Å². The standard InChI is InChI=1S/C15H26N4O/c1-5-7-12-17-13(16-6-2)11(3)14(18-12)19-15(4)8-9-20-10-15/h5-10H2,1-4H3,(H2,16,17,18,19). The third-order valence-corrected chi connectivity index (χ3v) is 3.65. The van der Waals surface area contributed by atoms with Crippen LogP contribution in [0.25, 0.3) is 0 Å². The van der Waals surface area contributed by atoms with Gasteiger partial charge in [0.1, 0.15) is 17.5 Å². The van der Waals surface area contributed by atoms with Crippen LogP contribution in [0.5, 0.6) is 0 Å². The summed E-state index contributed by atoms with van der Waals surface area (Å²) < 4.78 is 5.51. The van der Waals surface area contributed by atoms with Crippen LogP contribution in [-0.2, 0) is 11.2 Å². The molecule has 1 aromatic heterocycles. The Morgan fingerprint density at radius 1 is 1.25 bits per heavy atom. The van der Waals surface area contributed by atoms with Gasteiger partial charge in [0, 0.05) is 25.1 Å². The molecule has 1 fully saturated rings.